The van der Waals surface area contributed by atoms with Gasteiger partial charge >= 0.3 is 0 Å². The number of aliphatic carboxylic acids is 1. The molecule has 4 saturated carbocycles. The predicted molar refractivity (Wildman–Crippen MR) is 107 cm³/mol. The van der Waals surface area contributed by atoms with Gasteiger partial charge in [-0.25, -0.2) is 0 Å². The molecule has 152 valence electrons. The summed E-state index contributed by atoms with van der Waals surface area (Å²) in [7, 11) is 0. The number of carboxylic acids is 1. The van der Waals surface area contributed by atoms with Crippen LogP contribution < -0.4 is 10.4 Å². The fourth-order valence-electron chi connectivity index (χ4n) is 6.56. The van der Waals surface area contributed by atoms with Gasteiger partial charge in [0.25, 0.3) is 0 Å². The second kappa shape index (κ2) is 8.06. The van der Waals surface area contributed by atoms with Gasteiger partial charge in [-0.15, -0.1) is 0 Å². The van der Waals surface area contributed by atoms with Crippen molar-refractivity contribution in [2.45, 2.75) is 57.8 Å². The number of carboxylic acid groups (broad SMARTS) is 1. The Morgan fingerprint density at radius 3 is 2.18 bits per heavy atom. The summed E-state index contributed by atoms with van der Waals surface area (Å²) in [5.41, 5.74) is 1.33. The summed E-state index contributed by atoms with van der Waals surface area (Å²) < 4.78 is 0. The molecule has 0 aromatic heterocycles. The minimum absolute atomic E-state index is 0.177. The van der Waals surface area contributed by atoms with E-state index in [0.717, 1.165) is 29.7 Å². The number of carbonyl (C=O) groups is 2. The monoisotopic (exact) mass is 402 g/mol. The van der Waals surface area contributed by atoms with E-state index in [1.165, 1.54) is 38.5 Å². The zero-order valence-corrected chi connectivity index (χ0v) is 17.0. The van der Waals surface area contributed by atoms with Gasteiger partial charge in [-0.2, -0.15) is 0 Å². The smallest absolute Gasteiger partial charge is 0.223 e. The largest absolute Gasteiger partial charge is 0.550 e. The zero-order chi connectivity index (χ0) is 19.7. The number of halogens is 1. The molecule has 4 fully saturated rings. The lowest BCUT2D eigenvalue weighted by molar-refractivity contribution is -0.306. The molecule has 28 heavy (non-hydrogen) atoms. The highest BCUT2D eigenvalue weighted by Crippen LogP contribution is 2.61. The Morgan fingerprint density at radius 1 is 1.07 bits per heavy atom. The molecule has 1 atom stereocenters. The van der Waals surface area contributed by atoms with E-state index in [9.17, 15) is 14.7 Å². The van der Waals surface area contributed by atoms with Crippen molar-refractivity contribution in [1.29, 1.82) is 0 Å². The Balaban J connectivity index is 1.32. The molecule has 1 aromatic carbocycles. The van der Waals surface area contributed by atoms with Gasteiger partial charge in [-0.1, -0.05) is 23.7 Å². The van der Waals surface area contributed by atoms with Gasteiger partial charge in [0.2, 0.25) is 5.91 Å². The first-order chi connectivity index (χ1) is 13.4. The van der Waals surface area contributed by atoms with E-state index in [1.54, 1.807) is 12.1 Å². The molecule has 4 aliphatic carbocycles. The molecule has 4 aliphatic rings. The Kier molecular flexibility index (Phi) is 5.69. The first kappa shape index (κ1) is 19.8. The van der Waals surface area contributed by atoms with E-state index < -0.39 is 11.9 Å². The van der Waals surface area contributed by atoms with Crippen LogP contribution in [0.4, 0.5) is 0 Å². The first-order valence-electron chi connectivity index (χ1n) is 10.6. The van der Waals surface area contributed by atoms with Crippen molar-refractivity contribution in [1.82, 2.24) is 5.32 Å². The van der Waals surface area contributed by atoms with Gasteiger partial charge in [0.1, 0.15) is 0 Å². The van der Waals surface area contributed by atoms with Crippen molar-refractivity contribution in [3.8, 4) is 0 Å². The lowest BCUT2D eigenvalue weighted by Gasteiger charge is -2.57. The molecule has 1 N–H and O–H groups in total. The molecule has 5 rings (SSSR count). The molecule has 0 unspecified atom stereocenters. The number of nitrogens with one attached hydrogen (secondary N) is 1. The molecule has 0 heterocycles. The lowest BCUT2D eigenvalue weighted by atomic mass is 9.49. The van der Waals surface area contributed by atoms with Crippen LogP contribution >= 0.6 is 11.6 Å². The number of amides is 1. The van der Waals surface area contributed by atoms with E-state index >= 15 is 0 Å². The molecule has 0 aliphatic heterocycles. The average Bonchev–Trinajstić information content (AvgIpc) is 2.61. The topological polar surface area (TPSA) is 69.2 Å². The second-order valence-electron chi connectivity index (χ2n) is 9.56. The van der Waals surface area contributed by atoms with Crippen molar-refractivity contribution in [3.63, 3.8) is 0 Å². The van der Waals surface area contributed by atoms with Crippen molar-refractivity contribution in [3.05, 3.63) is 34.9 Å². The minimum atomic E-state index is -1.19. The van der Waals surface area contributed by atoms with Crippen molar-refractivity contribution in [2.75, 3.05) is 6.54 Å². The van der Waals surface area contributed by atoms with E-state index in [0.29, 0.717) is 23.4 Å². The van der Waals surface area contributed by atoms with E-state index in [2.05, 4.69) is 5.32 Å². The van der Waals surface area contributed by atoms with Crippen LogP contribution in [-0.4, -0.2) is 18.4 Å². The van der Waals surface area contributed by atoms with Crippen molar-refractivity contribution >= 4 is 23.5 Å². The summed E-state index contributed by atoms with van der Waals surface area (Å²) in [5, 5.41) is 14.8. The maximum absolute atomic E-state index is 12.7. The molecular formula is C23H29ClNO3-. The van der Waals surface area contributed by atoms with Crippen LogP contribution in [0.2, 0.25) is 5.02 Å². The van der Waals surface area contributed by atoms with Crippen molar-refractivity contribution in [2.24, 2.45) is 29.1 Å². The predicted octanol–water partition coefficient (Wildman–Crippen LogP) is 3.36. The maximum atomic E-state index is 12.7. The number of benzene rings is 1. The third-order valence-electron chi connectivity index (χ3n) is 7.30. The normalized spacial score (nSPS) is 31.5. The summed E-state index contributed by atoms with van der Waals surface area (Å²) in [6, 6.07) is 7.20. The Labute approximate surface area is 172 Å². The number of hydrogen-bond acceptors (Lipinski definition) is 3. The molecule has 4 bridgehead atoms. The molecule has 4 nitrogen and oxygen atoms in total. The van der Waals surface area contributed by atoms with Gasteiger partial charge in [0.05, 0.1) is 0 Å². The average molecular weight is 403 g/mol. The van der Waals surface area contributed by atoms with Crippen LogP contribution in [0.15, 0.2) is 24.3 Å². The van der Waals surface area contributed by atoms with Crippen LogP contribution in [0.3, 0.4) is 0 Å². The molecule has 1 amide bonds. The van der Waals surface area contributed by atoms with E-state index in [-0.39, 0.29) is 12.3 Å². The molecule has 1 aromatic rings. The van der Waals surface area contributed by atoms with Gasteiger partial charge in [-0.05, 0) is 98.7 Å². The van der Waals surface area contributed by atoms with Crippen LogP contribution in [0.5, 0.6) is 0 Å². The van der Waals surface area contributed by atoms with Gasteiger partial charge in [0, 0.05) is 23.5 Å². The highest BCUT2D eigenvalue weighted by atomic mass is 35.5. The van der Waals surface area contributed by atoms with E-state index in [1.807, 2.05) is 12.1 Å². The number of carbonyl (C=O) groups excluding carboxylic acids is 2. The molecule has 5 heteroatoms. The number of hydrogen-bond donors (Lipinski definition) is 1. The fraction of sp³-hybridized carbons (Fsp3) is 0.652. The Bertz CT molecular complexity index is 695. The molecule has 0 radical (unpaired) electrons. The molecular weight excluding hydrogens is 374 g/mol. The third kappa shape index (κ3) is 4.53. The van der Waals surface area contributed by atoms with Crippen LogP contribution in [0.25, 0.3) is 0 Å². The van der Waals surface area contributed by atoms with E-state index in [4.69, 9.17) is 11.6 Å². The fourth-order valence-corrected chi connectivity index (χ4v) is 6.68. The quantitative estimate of drug-likeness (QED) is 0.724. The summed E-state index contributed by atoms with van der Waals surface area (Å²) in [6.07, 6.45) is 9.37. The highest BCUT2D eigenvalue weighted by molar-refractivity contribution is 6.30. The standard InChI is InChI=1S/C23H30ClNO3/c24-20-3-1-15(2-4-20)10-19(11-21(26)27)22(28)25-6-5-23-12-16-7-17(13-23)9-18(8-16)14-23/h1-4,16-19H,5-14H2,(H,25,28)(H,26,27)/p-1/t16?,17?,18?,19-,23?/m1/s1. The van der Waals surface area contributed by atoms with Gasteiger partial charge in [0.15, 0.2) is 0 Å². The van der Waals surface area contributed by atoms with Gasteiger partial charge < -0.3 is 15.2 Å². The van der Waals surface area contributed by atoms with Crippen LogP contribution in [-0.2, 0) is 16.0 Å². The Morgan fingerprint density at radius 2 is 1.64 bits per heavy atom. The minimum Gasteiger partial charge on any atom is -0.550 e. The number of rotatable bonds is 8. The van der Waals surface area contributed by atoms with Crippen LogP contribution in [0.1, 0.15) is 56.9 Å². The van der Waals surface area contributed by atoms with Gasteiger partial charge in [-0.3, -0.25) is 4.79 Å². The summed E-state index contributed by atoms with van der Waals surface area (Å²) in [6.45, 7) is 0.648. The first-order valence-corrected chi connectivity index (χ1v) is 11.0. The zero-order valence-electron chi connectivity index (χ0n) is 16.3. The third-order valence-corrected chi connectivity index (χ3v) is 7.55. The Hall–Kier alpha value is -1.55. The van der Waals surface area contributed by atoms with Crippen molar-refractivity contribution < 1.29 is 14.7 Å². The second-order valence-corrected chi connectivity index (χ2v) is 10.00. The molecule has 0 saturated heterocycles. The highest BCUT2D eigenvalue weighted by Gasteiger charge is 2.50. The SMILES string of the molecule is O=C([O-])C[C@@H](Cc1ccc(Cl)cc1)C(=O)NCCC12CC3CC(CC(C3)C1)C2. The van der Waals surface area contributed by atoms with Crippen LogP contribution in [0, 0.1) is 29.1 Å². The maximum Gasteiger partial charge on any atom is 0.223 e. The summed E-state index contributed by atoms with van der Waals surface area (Å²) >= 11 is 5.91. The summed E-state index contributed by atoms with van der Waals surface area (Å²) in [4.78, 5) is 23.9. The summed E-state index contributed by atoms with van der Waals surface area (Å²) in [5.74, 6) is 0.731. The lowest BCUT2D eigenvalue weighted by Crippen LogP contribution is -2.47. The molecule has 0 spiro atoms.